The van der Waals surface area contributed by atoms with Crippen LogP contribution >= 0.6 is 0 Å². The van der Waals surface area contributed by atoms with Gasteiger partial charge in [0.15, 0.2) is 0 Å². The molecule has 3 unspecified atom stereocenters. The smallest absolute Gasteiger partial charge is 0.0247 e. The maximum absolute atomic E-state index is 6.23. The lowest BCUT2D eigenvalue weighted by molar-refractivity contribution is 0.156. The highest BCUT2D eigenvalue weighted by atomic mass is 15.3. The predicted molar refractivity (Wildman–Crippen MR) is 63.9 cm³/mol. The summed E-state index contributed by atoms with van der Waals surface area (Å²) in [4.78, 5) is 4.99. The number of hydrogen-bond acceptors (Lipinski definition) is 3. The number of likely N-dealkylation sites (tertiary alicyclic amines) is 1. The van der Waals surface area contributed by atoms with E-state index in [-0.39, 0.29) is 0 Å². The van der Waals surface area contributed by atoms with E-state index in [4.69, 9.17) is 5.73 Å². The second-order valence-corrected chi connectivity index (χ2v) is 5.42. The molecule has 2 N–H and O–H groups in total. The van der Waals surface area contributed by atoms with E-state index in [0.717, 1.165) is 6.04 Å². The van der Waals surface area contributed by atoms with E-state index in [0.29, 0.717) is 12.1 Å². The zero-order chi connectivity index (χ0) is 10.8. The fourth-order valence-electron chi connectivity index (χ4n) is 3.08. The van der Waals surface area contributed by atoms with Crippen LogP contribution < -0.4 is 5.73 Å². The first-order valence-electron chi connectivity index (χ1n) is 6.34. The third-order valence-corrected chi connectivity index (χ3v) is 4.18. The van der Waals surface area contributed by atoms with Gasteiger partial charge in [0.1, 0.15) is 0 Å². The Balaban J connectivity index is 1.89. The van der Waals surface area contributed by atoms with Crippen molar-refractivity contribution >= 4 is 0 Å². The fraction of sp³-hybridized carbons (Fsp3) is 1.00. The first-order chi connectivity index (χ1) is 7.18. The normalized spacial score (nSPS) is 38.8. The van der Waals surface area contributed by atoms with Crippen LogP contribution in [0, 0.1) is 0 Å². The molecule has 15 heavy (non-hydrogen) atoms. The molecule has 2 fully saturated rings. The molecule has 3 heteroatoms. The van der Waals surface area contributed by atoms with Crippen molar-refractivity contribution in [1.82, 2.24) is 9.80 Å². The molecule has 3 nitrogen and oxygen atoms in total. The zero-order valence-corrected chi connectivity index (χ0v) is 10.2. The van der Waals surface area contributed by atoms with Gasteiger partial charge in [-0.2, -0.15) is 0 Å². The maximum Gasteiger partial charge on any atom is 0.0247 e. The summed E-state index contributed by atoms with van der Waals surface area (Å²) in [6.07, 6.45) is 6.58. The molecule has 1 heterocycles. The van der Waals surface area contributed by atoms with Crippen LogP contribution in [0.25, 0.3) is 0 Å². The van der Waals surface area contributed by atoms with Gasteiger partial charge in [-0.05, 0) is 33.4 Å². The van der Waals surface area contributed by atoms with Gasteiger partial charge in [0.25, 0.3) is 0 Å². The number of likely N-dealkylation sites (N-methyl/N-ethyl adjacent to an activating group) is 1. The maximum atomic E-state index is 6.23. The van der Waals surface area contributed by atoms with Gasteiger partial charge in [-0.25, -0.2) is 0 Å². The summed E-state index contributed by atoms with van der Waals surface area (Å²) in [6, 6.07) is 1.85. The minimum absolute atomic E-state index is 0.430. The Labute approximate surface area is 93.6 Å². The quantitative estimate of drug-likeness (QED) is 0.736. The molecule has 0 amide bonds. The first-order valence-corrected chi connectivity index (χ1v) is 6.34. The summed E-state index contributed by atoms with van der Waals surface area (Å²) < 4.78 is 0. The van der Waals surface area contributed by atoms with Crippen LogP contribution in [0.2, 0.25) is 0 Å². The molecule has 0 spiro atoms. The highest BCUT2D eigenvalue weighted by Gasteiger charge is 2.33. The monoisotopic (exact) mass is 211 g/mol. The molecule has 1 aliphatic heterocycles. The van der Waals surface area contributed by atoms with Gasteiger partial charge in [0.05, 0.1) is 0 Å². The Bertz CT molecular complexity index is 205. The van der Waals surface area contributed by atoms with E-state index < -0.39 is 0 Å². The third kappa shape index (κ3) is 2.52. The lowest BCUT2D eigenvalue weighted by atomic mass is 9.90. The van der Waals surface area contributed by atoms with Gasteiger partial charge in [0, 0.05) is 31.2 Å². The van der Waals surface area contributed by atoms with Gasteiger partial charge in [-0.15, -0.1) is 0 Å². The van der Waals surface area contributed by atoms with Crippen molar-refractivity contribution in [3.63, 3.8) is 0 Å². The van der Waals surface area contributed by atoms with E-state index in [9.17, 15) is 0 Å². The second kappa shape index (κ2) is 4.81. The number of nitrogens with two attached hydrogens (primary N) is 1. The van der Waals surface area contributed by atoms with Crippen molar-refractivity contribution in [2.75, 3.05) is 27.2 Å². The van der Waals surface area contributed by atoms with Crippen LogP contribution in [0.4, 0.5) is 0 Å². The lowest BCUT2D eigenvalue weighted by Gasteiger charge is -2.36. The molecule has 88 valence electrons. The Morgan fingerprint density at radius 2 is 1.87 bits per heavy atom. The molecule has 2 rings (SSSR count). The van der Waals surface area contributed by atoms with Crippen molar-refractivity contribution in [2.45, 2.75) is 50.2 Å². The summed E-state index contributed by atoms with van der Waals surface area (Å²) in [6.45, 7) is 2.48. The Morgan fingerprint density at radius 3 is 2.47 bits per heavy atom. The largest absolute Gasteiger partial charge is 0.326 e. The Kier molecular flexibility index (Phi) is 3.65. The van der Waals surface area contributed by atoms with Crippen LogP contribution in [0.15, 0.2) is 0 Å². The number of hydrogen-bond donors (Lipinski definition) is 1. The van der Waals surface area contributed by atoms with Crippen molar-refractivity contribution in [2.24, 2.45) is 5.73 Å². The van der Waals surface area contributed by atoms with Crippen molar-refractivity contribution < 1.29 is 0 Å². The van der Waals surface area contributed by atoms with E-state index in [1.807, 2.05) is 0 Å². The average molecular weight is 211 g/mol. The van der Waals surface area contributed by atoms with Gasteiger partial charge in [0.2, 0.25) is 0 Å². The Morgan fingerprint density at radius 1 is 1.13 bits per heavy atom. The topological polar surface area (TPSA) is 32.5 Å². The van der Waals surface area contributed by atoms with E-state index in [1.165, 1.54) is 45.2 Å². The highest BCUT2D eigenvalue weighted by molar-refractivity contribution is 4.91. The summed E-state index contributed by atoms with van der Waals surface area (Å²) in [5.41, 5.74) is 6.23. The zero-order valence-electron chi connectivity index (χ0n) is 10.2. The number of nitrogens with zero attached hydrogens (tertiary/aromatic N) is 2. The molecule has 2 aliphatic rings. The van der Waals surface area contributed by atoms with Crippen LogP contribution in [0.3, 0.4) is 0 Å². The minimum Gasteiger partial charge on any atom is -0.326 e. The van der Waals surface area contributed by atoms with Crippen LogP contribution in [0.5, 0.6) is 0 Å². The molecule has 0 aromatic heterocycles. The minimum atomic E-state index is 0.430. The summed E-state index contributed by atoms with van der Waals surface area (Å²) in [5, 5.41) is 0. The van der Waals surface area contributed by atoms with Gasteiger partial charge in [-0.1, -0.05) is 12.8 Å². The first kappa shape index (κ1) is 11.4. The SMILES string of the molecule is CN(C)C1CCN(C2CCCCC2N)C1. The second-order valence-electron chi connectivity index (χ2n) is 5.42. The molecule has 1 saturated carbocycles. The van der Waals surface area contributed by atoms with E-state index >= 15 is 0 Å². The lowest BCUT2D eigenvalue weighted by Crippen LogP contribution is -2.49. The predicted octanol–water partition coefficient (Wildman–Crippen LogP) is 0.892. The van der Waals surface area contributed by atoms with E-state index in [1.54, 1.807) is 0 Å². The van der Waals surface area contributed by atoms with Gasteiger partial charge >= 0.3 is 0 Å². The average Bonchev–Trinajstić information content (AvgIpc) is 2.67. The van der Waals surface area contributed by atoms with E-state index in [2.05, 4.69) is 23.9 Å². The third-order valence-electron chi connectivity index (χ3n) is 4.18. The molecule has 1 saturated heterocycles. The number of rotatable bonds is 2. The molecule has 0 aromatic rings. The molecule has 3 atom stereocenters. The van der Waals surface area contributed by atoms with Crippen LogP contribution in [-0.2, 0) is 0 Å². The van der Waals surface area contributed by atoms with Crippen molar-refractivity contribution in [1.29, 1.82) is 0 Å². The van der Waals surface area contributed by atoms with Crippen molar-refractivity contribution in [3.05, 3.63) is 0 Å². The van der Waals surface area contributed by atoms with Gasteiger partial charge < -0.3 is 10.6 Å². The van der Waals surface area contributed by atoms with Gasteiger partial charge in [-0.3, -0.25) is 4.90 Å². The summed E-state index contributed by atoms with van der Waals surface area (Å²) in [5.74, 6) is 0. The molecule has 1 aliphatic carbocycles. The standard InChI is InChI=1S/C12H25N3/c1-14(2)10-7-8-15(9-10)12-6-4-3-5-11(12)13/h10-12H,3-9,13H2,1-2H3. The summed E-state index contributed by atoms with van der Waals surface area (Å²) >= 11 is 0. The molecule has 0 bridgehead atoms. The fourth-order valence-corrected chi connectivity index (χ4v) is 3.08. The molecule has 0 aromatic carbocycles. The molecule has 0 radical (unpaired) electrons. The highest BCUT2D eigenvalue weighted by Crippen LogP contribution is 2.26. The van der Waals surface area contributed by atoms with Crippen molar-refractivity contribution in [3.8, 4) is 0 Å². The molecular weight excluding hydrogens is 186 g/mol. The van der Waals surface area contributed by atoms with Crippen LogP contribution in [-0.4, -0.2) is 55.1 Å². The molecular formula is C12H25N3. The van der Waals surface area contributed by atoms with Crippen LogP contribution in [0.1, 0.15) is 32.1 Å². The Hall–Kier alpha value is -0.120. The summed E-state index contributed by atoms with van der Waals surface area (Å²) in [7, 11) is 4.38.